The maximum absolute atomic E-state index is 6.51. The summed E-state index contributed by atoms with van der Waals surface area (Å²) in [4.78, 5) is 0. The van der Waals surface area contributed by atoms with Crippen LogP contribution in [0.15, 0.2) is 60.7 Å². The van der Waals surface area contributed by atoms with Crippen molar-refractivity contribution in [1.29, 1.82) is 0 Å². The second kappa shape index (κ2) is 17.4. The van der Waals surface area contributed by atoms with Crippen molar-refractivity contribution in [2.24, 2.45) is 0 Å². The van der Waals surface area contributed by atoms with Gasteiger partial charge in [0.15, 0.2) is 5.75 Å². The van der Waals surface area contributed by atoms with Crippen LogP contribution in [0.2, 0.25) is 0 Å². The van der Waals surface area contributed by atoms with Gasteiger partial charge in [-0.25, -0.2) is 0 Å². The van der Waals surface area contributed by atoms with Crippen molar-refractivity contribution in [3.63, 3.8) is 0 Å². The highest BCUT2D eigenvalue weighted by Gasteiger charge is 2.24. The summed E-state index contributed by atoms with van der Waals surface area (Å²) in [6.07, 6.45) is 11.0. The quantitative estimate of drug-likeness (QED) is 0.107. The molecule has 0 aliphatic rings. The summed E-state index contributed by atoms with van der Waals surface area (Å²) in [7, 11) is 1.67. The average Bonchev–Trinajstić information content (AvgIpc) is 3.07. The fraction of sp³-hybridized carbons (Fsp3) is 0.447. The van der Waals surface area contributed by atoms with E-state index in [0.717, 1.165) is 71.4 Å². The van der Waals surface area contributed by atoms with Gasteiger partial charge in [-0.3, -0.25) is 0 Å². The van der Waals surface area contributed by atoms with Crippen LogP contribution in [0.25, 0.3) is 33.6 Å². The number of rotatable bonds is 18. The first-order chi connectivity index (χ1) is 21.7. The minimum Gasteiger partial charge on any atom is -0.493 e. The molecule has 0 saturated heterocycles. The molecule has 6 nitrogen and oxygen atoms in total. The van der Waals surface area contributed by atoms with Crippen LogP contribution in [0.4, 0.5) is 0 Å². The van der Waals surface area contributed by atoms with E-state index in [1.165, 1.54) is 37.7 Å². The van der Waals surface area contributed by atoms with Crippen LogP contribution in [-0.4, -0.2) is 35.7 Å². The normalized spacial score (nSPS) is 11.0. The molecule has 0 spiro atoms. The standard InChI is InChI=1S/C38H49N3O3/c1-6-10-12-16-26-43-36-28(8-3)20-18-24-32(36)30-22-14-15-23-31(30)34-38(42-5)35(40-41-39-34)33-25-19-21-29(9-4)37(33)44-27-17-13-11-7-2/h14-15,18-25H,6-13,16-17,26-27H2,1-5H3. The largest absolute Gasteiger partial charge is 0.493 e. The lowest BCUT2D eigenvalue weighted by Gasteiger charge is -2.19. The molecular formula is C38H49N3O3. The zero-order chi connectivity index (χ0) is 31.1. The van der Waals surface area contributed by atoms with Gasteiger partial charge in [-0.2, -0.15) is 0 Å². The Bertz CT molecular complexity index is 1470. The first kappa shape index (κ1) is 33.0. The van der Waals surface area contributed by atoms with Gasteiger partial charge in [0.1, 0.15) is 22.9 Å². The molecule has 6 heteroatoms. The Morgan fingerprint density at radius 2 is 1.00 bits per heavy atom. The van der Waals surface area contributed by atoms with Crippen LogP contribution in [0.1, 0.15) is 90.2 Å². The lowest BCUT2D eigenvalue weighted by atomic mass is 9.93. The zero-order valence-electron chi connectivity index (χ0n) is 27.3. The van der Waals surface area contributed by atoms with Gasteiger partial charge in [-0.15, -0.1) is 10.2 Å². The Morgan fingerprint density at radius 1 is 0.500 bits per heavy atom. The van der Waals surface area contributed by atoms with Crippen LogP contribution in [0.3, 0.4) is 0 Å². The van der Waals surface area contributed by atoms with E-state index < -0.39 is 0 Å². The Balaban J connectivity index is 1.79. The molecule has 44 heavy (non-hydrogen) atoms. The van der Waals surface area contributed by atoms with Crippen LogP contribution in [0.5, 0.6) is 17.2 Å². The van der Waals surface area contributed by atoms with Crippen molar-refractivity contribution in [3.05, 3.63) is 71.8 Å². The van der Waals surface area contributed by atoms with Gasteiger partial charge in [0.25, 0.3) is 0 Å². The second-order valence-electron chi connectivity index (χ2n) is 11.2. The first-order valence-corrected chi connectivity index (χ1v) is 16.5. The van der Waals surface area contributed by atoms with Crippen LogP contribution >= 0.6 is 0 Å². The van der Waals surface area contributed by atoms with Gasteiger partial charge < -0.3 is 14.2 Å². The Hall–Kier alpha value is -3.93. The third-order valence-electron chi connectivity index (χ3n) is 8.09. The van der Waals surface area contributed by atoms with Crippen molar-refractivity contribution < 1.29 is 14.2 Å². The molecule has 4 aromatic rings. The van der Waals surface area contributed by atoms with E-state index in [4.69, 9.17) is 14.2 Å². The van der Waals surface area contributed by atoms with Gasteiger partial charge in [0, 0.05) is 16.7 Å². The predicted octanol–water partition coefficient (Wildman–Crippen LogP) is 9.92. The molecule has 0 atom stereocenters. The molecule has 1 aromatic heterocycles. The monoisotopic (exact) mass is 595 g/mol. The fourth-order valence-electron chi connectivity index (χ4n) is 5.66. The molecule has 234 valence electrons. The summed E-state index contributed by atoms with van der Waals surface area (Å²) >= 11 is 0. The number of methoxy groups -OCH3 is 1. The second-order valence-corrected chi connectivity index (χ2v) is 11.2. The molecule has 1 heterocycles. The number of benzene rings is 3. The highest BCUT2D eigenvalue weighted by atomic mass is 16.5. The number of aromatic nitrogens is 3. The van der Waals surface area contributed by atoms with E-state index in [-0.39, 0.29) is 0 Å². The third-order valence-corrected chi connectivity index (χ3v) is 8.09. The number of para-hydroxylation sites is 2. The van der Waals surface area contributed by atoms with Gasteiger partial charge >= 0.3 is 0 Å². The fourth-order valence-corrected chi connectivity index (χ4v) is 5.66. The highest BCUT2D eigenvalue weighted by Crippen LogP contribution is 2.45. The lowest BCUT2D eigenvalue weighted by molar-refractivity contribution is 0.303. The van der Waals surface area contributed by atoms with E-state index in [0.29, 0.717) is 30.4 Å². The van der Waals surface area contributed by atoms with Gasteiger partial charge in [-0.05, 0) is 53.7 Å². The van der Waals surface area contributed by atoms with Gasteiger partial charge in [0.2, 0.25) is 0 Å². The zero-order valence-corrected chi connectivity index (χ0v) is 27.3. The number of nitrogens with zero attached hydrogens (tertiary/aromatic N) is 3. The van der Waals surface area contributed by atoms with Crippen molar-refractivity contribution in [3.8, 4) is 50.9 Å². The summed E-state index contributed by atoms with van der Waals surface area (Å²) in [5, 5.41) is 13.3. The lowest BCUT2D eigenvalue weighted by Crippen LogP contribution is -2.06. The highest BCUT2D eigenvalue weighted by molar-refractivity contribution is 5.90. The van der Waals surface area contributed by atoms with E-state index in [2.05, 4.69) is 85.6 Å². The van der Waals surface area contributed by atoms with E-state index >= 15 is 0 Å². The van der Waals surface area contributed by atoms with Crippen molar-refractivity contribution >= 4 is 0 Å². The Labute approximate surface area is 264 Å². The number of ether oxygens (including phenoxy) is 3. The number of unbranched alkanes of at least 4 members (excludes halogenated alkanes) is 6. The molecule has 4 rings (SSSR count). The molecule has 0 N–H and O–H groups in total. The molecule has 0 radical (unpaired) electrons. The summed E-state index contributed by atoms with van der Waals surface area (Å²) in [5.41, 5.74) is 7.44. The summed E-state index contributed by atoms with van der Waals surface area (Å²) < 4.78 is 19.0. The minimum atomic E-state index is 0.574. The van der Waals surface area contributed by atoms with Gasteiger partial charge in [0.05, 0.1) is 20.3 Å². The molecular weight excluding hydrogens is 546 g/mol. The topological polar surface area (TPSA) is 66.4 Å². The SMILES string of the molecule is CCCCCCOc1c(CC)cccc1-c1ccccc1-c1nnnc(-c2cccc(CC)c2OCCCCCC)c1OC. The van der Waals surface area contributed by atoms with Crippen LogP contribution in [0, 0.1) is 0 Å². The van der Waals surface area contributed by atoms with Gasteiger partial charge in [-0.1, -0.05) is 121 Å². The third kappa shape index (κ3) is 7.96. The van der Waals surface area contributed by atoms with E-state index in [1.807, 2.05) is 18.2 Å². The summed E-state index contributed by atoms with van der Waals surface area (Å²) in [6, 6.07) is 20.9. The molecule has 0 aliphatic carbocycles. The predicted molar refractivity (Wildman–Crippen MR) is 181 cm³/mol. The van der Waals surface area contributed by atoms with E-state index in [1.54, 1.807) is 7.11 Å². The number of aryl methyl sites for hydroxylation is 2. The molecule has 0 fully saturated rings. The first-order valence-electron chi connectivity index (χ1n) is 16.5. The summed E-state index contributed by atoms with van der Waals surface area (Å²) in [6.45, 7) is 10.1. The molecule has 3 aromatic carbocycles. The van der Waals surface area contributed by atoms with E-state index in [9.17, 15) is 0 Å². The number of hydrogen-bond donors (Lipinski definition) is 0. The minimum absolute atomic E-state index is 0.574. The Morgan fingerprint density at radius 3 is 1.55 bits per heavy atom. The summed E-state index contributed by atoms with van der Waals surface area (Å²) in [5.74, 6) is 2.36. The molecule has 0 amide bonds. The smallest absolute Gasteiger partial charge is 0.175 e. The van der Waals surface area contributed by atoms with Crippen LogP contribution in [-0.2, 0) is 12.8 Å². The molecule has 0 unspecified atom stereocenters. The van der Waals surface area contributed by atoms with Crippen molar-refractivity contribution in [2.45, 2.75) is 91.9 Å². The molecule has 0 bridgehead atoms. The molecule has 0 aliphatic heterocycles. The maximum Gasteiger partial charge on any atom is 0.175 e. The number of hydrogen-bond acceptors (Lipinski definition) is 6. The Kier molecular flexibility index (Phi) is 13.0. The maximum atomic E-state index is 6.51. The molecule has 0 saturated carbocycles. The van der Waals surface area contributed by atoms with Crippen LogP contribution < -0.4 is 14.2 Å². The van der Waals surface area contributed by atoms with Crippen molar-refractivity contribution in [2.75, 3.05) is 20.3 Å². The average molecular weight is 596 g/mol. The van der Waals surface area contributed by atoms with Crippen molar-refractivity contribution in [1.82, 2.24) is 15.4 Å².